The van der Waals surface area contributed by atoms with Crippen molar-refractivity contribution in [3.8, 4) is 0 Å². The van der Waals surface area contributed by atoms with Crippen LogP contribution >= 0.6 is 0 Å². The van der Waals surface area contributed by atoms with Gasteiger partial charge in [-0.05, 0) is 61.7 Å². The van der Waals surface area contributed by atoms with Crippen molar-refractivity contribution in [2.24, 2.45) is 17.6 Å². The summed E-state index contributed by atoms with van der Waals surface area (Å²) >= 11 is 0. The topological polar surface area (TPSA) is 70.4 Å². The summed E-state index contributed by atoms with van der Waals surface area (Å²) in [5, 5.41) is 5.99. The van der Waals surface area contributed by atoms with Crippen LogP contribution < -0.4 is 16.4 Å². The van der Waals surface area contributed by atoms with Crippen molar-refractivity contribution in [3.63, 3.8) is 0 Å². The highest BCUT2D eigenvalue weighted by molar-refractivity contribution is 5.73. The molecule has 2 aromatic carbocycles. The Labute approximate surface area is 192 Å². The number of likely N-dealkylation sites (tertiary alicyclic amines) is 1. The maximum absolute atomic E-state index is 12.2. The third kappa shape index (κ3) is 4.69. The van der Waals surface area contributed by atoms with Crippen LogP contribution in [0.15, 0.2) is 60.7 Å². The van der Waals surface area contributed by atoms with Crippen LogP contribution in [0.5, 0.6) is 0 Å². The van der Waals surface area contributed by atoms with Gasteiger partial charge >= 0.3 is 6.03 Å². The molecule has 0 spiro atoms. The molecule has 5 nitrogen and oxygen atoms in total. The van der Waals surface area contributed by atoms with Gasteiger partial charge in [0, 0.05) is 31.6 Å². The fourth-order valence-corrected chi connectivity index (χ4v) is 6.37. The molecule has 5 heteroatoms. The molecule has 1 saturated carbocycles. The van der Waals surface area contributed by atoms with Gasteiger partial charge in [-0.25, -0.2) is 4.79 Å². The van der Waals surface area contributed by atoms with E-state index in [1.165, 1.54) is 11.1 Å². The first-order valence-corrected chi connectivity index (χ1v) is 12.2. The Bertz CT molecular complexity index is 850. The zero-order valence-electron chi connectivity index (χ0n) is 19.3. The summed E-state index contributed by atoms with van der Waals surface area (Å²) in [5.74, 6) is 0.872. The number of hydrogen-bond acceptors (Lipinski definition) is 3. The van der Waals surface area contributed by atoms with E-state index >= 15 is 0 Å². The lowest BCUT2D eigenvalue weighted by Crippen LogP contribution is -2.57. The molecule has 1 saturated heterocycles. The number of piperidine rings is 1. The monoisotopic (exact) mass is 434 g/mol. The normalized spacial score (nSPS) is 24.1. The third-order valence-electron chi connectivity index (χ3n) is 7.94. The third-order valence-corrected chi connectivity index (χ3v) is 7.94. The number of nitrogens with one attached hydrogen (secondary N) is 2. The van der Waals surface area contributed by atoms with Crippen LogP contribution in [0, 0.1) is 11.8 Å². The molecule has 1 unspecified atom stereocenters. The van der Waals surface area contributed by atoms with E-state index < -0.39 is 0 Å². The SMILES string of the molecule is CNC(=O)N[C@H]1CCC[C@@H]1C(CN)(c1ccccc1)C1CCN(Cc2ccccc2)CC1. The molecule has 0 radical (unpaired) electrons. The van der Waals surface area contributed by atoms with Crippen molar-refractivity contribution in [1.29, 1.82) is 0 Å². The van der Waals surface area contributed by atoms with Gasteiger partial charge in [0.05, 0.1) is 0 Å². The second-order valence-electron chi connectivity index (χ2n) is 9.51. The molecule has 0 aromatic heterocycles. The summed E-state index contributed by atoms with van der Waals surface area (Å²) in [6.07, 6.45) is 5.56. The minimum absolute atomic E-state index is 0.0847. The highest BCUT2D eigenvalue weighted by Crippen LogP contribution is 2.49. The highest BCUT2D eigenvalue weighted by atomic mass is 16.2. The van der Waals surface area contributed by atoms with Gasteiger partial charge in [0.2, 0.25) is 0 Å². The summed E-state index contributed by atoms with van der Waals surface area (Å²) in [6, 6.07) is 21.7. The van der Waals surface area contributed by atoms with Crippen LogP contribution in [0.1, 0.15) is 43.2 Å². The molecule has 0 bridgehead atoms. The first kappa shape index (κ1) is 22.8. The van der Waals surface area contributed by atoms with Crippen molar-refractivity contribution < 1.29 is 4.79 Å². The summed E-state index contributed by atoms with van der Waals surface area (Å²) in [6.45, 7) is 3.82. The average Bonchev–Trinajstić information content (AvgIpc) is 3.30. The number of rotatable bonds is 7. The maximum atomic E-state index is 12.2. The van der Waals surface area contributed by atoms with Crippen LogP contribution in [-0.4, -0.2) is 43.7 Å². The van der Waals surface area contributed by atoms with Gasteiger partial charge in [0.25, 0.3) is 0 Å². The number of amides is 2. The maximum Gasteiger partial charge on any atom is 0.314 e. The van der Waals surface area contributed by atoms with Crippen LogP contribution in [0.4, 0.5) is 4.79 Å². The smallest absolute Gasteiger partial charge is 0.314 e. The molecule has 1 aliphatic heterocycles. The number of carbonyl (C=O) groups is 1. The van der Waals surface area contributed by atoms with Crippen molar-refractivity contribution >= 4 is 6.03 Å². The number of nitrogens with two attached hydrogens (primary N) is 1. The average molecular weight is 435 g/mol. The van der Waals surface area contributed by atoms with E-state index in [1.54, 1.807) is 7.05 Å². The first-order chi connectivity index (χ1) is 15.7. The Balaban J connectivity index is 1.57. The Kier molecular flexibility index (Phi) is 7.48. The number of carbonyl (C=O) groups excluding carboxylic acids is 1. The van der Waals surface area contributed by atoms with E-state index in [9.17, 15) is 4.79 Å². The molecule has 2 aliphatic rings. The number of nitrogens with zero attached hydrogens (tertiary/aromatic N) is 1. The quantitative estimate of drug-likeness (QED) is 0.619. The summed E-state index contributed by atoms with van der Waals surface area (Å²) in [5.41, 5.74) is 9.31. The van der Waals surface area contributed by atoms with E-state index in [4.69, 9.17) is 5.73 Å². The highest BCUT2D eigenvalue weighted by Gasteiger charge is 2.50. The number of hydrogen-bond donors (Lipinski definition) is 3. The van der Waals surface area contributed by atoms with Crippen LogP contribution in [0.25, 0.3) is 0 Å². The Morgan fingerprint density at radius 2 is 1.66 bits per heavy atom. The van der Waals surface area contributed by atoms with E-state index in [1.807, 2.05) is 0 Å². The van der Waals surface area contributed by atoms with Gasteiger partial charge in [-0.3, -0.25) is 4.90 Å². The lowest BCUT2D eigenvalue weighted by molar-refractivity contribution is 0.0792. The van der Waals surface area contributed by atoms with Crippen LogP contribution in [0.3, 0.4) is 0 Å². The standard InChI is InChI=1S/C27H38N4O/c1-29-26(32)30-25-14-8-13-24(25)27(20-28,22-11-6-3-7-12-22)23-15-17-31(18-16-23)19-21-9-4-2-5-10-21/h2-7,9-12,23-25H,8,13-20,28H2,1H3,(H2,29,30,32)/t24-,25-,27?/m0/s1. The molecular weight excluding hydrogens is 396 g/mol. The van der Waals surface area contributed by atoms with Crippen LogP contribution in [-0.2, 0) is 12.0 Å². The van der Waals surface area contributed by atoms with Crippen molar-refractivity contribution in [2.75, 3.05) is 26.7 Å². The molecule has 32 heavy (non-hydrogen) atoms. The molecule has 4 rings (SSSR count). The van der Waals surface area contributed by atoms with E-state index in [2.05, 4.69) is 76.2 Å². The largest absolute Gasteiger partial charge is 0.341 e. The lowest BCUT2D eigenvalue weighted by Gasteiger charge is -2.50. The molecule has 172 valence electrons. The Hall–Kier alpha value is -2.37. The second-order valence-corrected chi connectivity index (χ2v) is 9.51. The fraction of sp³-hybridized carbons (Fsp3) is 0.519. The van der Waals surface area contributed by atoms with Gasteiger partial charge in [-0.1, -0.05) is 67.1 Å². The van der Waals surface area contributed by atoms with Crippen molar-refractivity contribution in [1.82, 2.24) is 15.5 Å². The fourth-order valence-electron chi connectivity index (χ4n) is 6.37. The Morgan fingerprint density at radius 1 is 1.00 bits per heavy atom. The summed E-state index contributed by atoms with van der Waals surface area (Å²) < 4.78 is 0. The Morgan fingerprint density at radius 3 is 2.28 bits per heavy atom. The molecular formula is C27H38N4O. The number of benzene rings is 2. The number of urea groups is 1. The molecule has 4 N–H and O–H groups in total. The summed E-state index contributed by atoms with van der Waals surface area (Å²) in [7, 11) is 1.69. The molecule has 2 aromatic rings. The first-order valence-electron chi connectivity index (χ1n) is 12.2. The molecule has 2 fully saturated rings. The van der Waals surface area contributed by atoms with Crippen molar-refractivity contribution in [3.05, 3.63) is 71.8 Å². The van der Waals surface area contributed by atoms with Gasteiger partial charge in [0.15, 0.2) is 0 Å². The van der Waals surface area contributed by atoms with Gasteiger partial charge in [0.1, 0.15) is 0 Å². The van der Waals surface area contributed by atoms with E-state index in [0.717, 1.165) is 51.7 Å². The van der Waals surface area contributed by atoms with Crippen LogP contribution in [0.2, 0.25) is 0 Å². The van der Waals surface area contributed by atoms with Gasteiger partial charge in [-0.2, -0.15) is 0 Å². The van der Waals surface area contributed by atoms with Gasteiger partial charge in [-0.15, -0.1) is 0 Å². The van der Waals surface area contributed by atoms with E-state index in [-0.39, 0.29) is 17.5 Å². The lowest BCUT2D eigenvalue weighted by atomic mass is 9.58. The van der Waals surface area contributed by atoms with E-state index in [0.29, 0.717) is 18.4 Å². The van der Waals surface area contributed by atoms with Crippen molar-refractivity contribution in [2.45, 2.75) is 50.1 Å². The predicted octanol–water partition coefficient (Wildman–Crippen LogP) is 3.89. The predicted molar refractivity (Wildman–Crippen MR) is 130 cm³/mol. The molecule has 3 atom stereocenters. The van der Waals surface area contributed by atoms with Gasteiger partial charge < -0.3 is 16.4 Å². The minimum atomic E-state index is -0.109. The second kappa shape index (κ2) is 10.5. The molecule has 1 heterocycles. The zero-order valence-corrected chi connectivity index (χ0v) is 19.3. The molecule has 2 amide bonds. The zero-order chi connectivity index (χ0) is 22.4. The molecule has 1 aliphatic carbocycles. The minimum Gasteiger partial charge on any atom is -0.341 e. The summed E-state index contributed by atoms with van der Waals surface area (Å²) in [4.78, 5) is 14.8.